The number of rotatable bonds is 5. The highest BCUT2D eigenvalue weighted by Crippen LogP contribution is 2.27. The Morgan fingerprint density at radius 3 is 2.53 bits per heavy atom. The van der Waals surface area contributed by atoms with E-state index in [-0.39, 0.29) is 0 Å². The second-order valence-electron chi connectivity index (χ2n) is 3.52. The van der Waals surface area contributed by atoms with Crippen LogP contribution in [0.2, 0.25) is 0 Å². The van der Waals surface area contributed by atoms with Crippen molar-refractivity contribution in [1.29, 1.82) is 0 Å². The summed E-state index contributed by atoms with van der Waals surface area (Å²) in [4.78, 5) is 0. The quantitative estimate of drug-likeness (QED) is 0.803. The Hall–Kier alpha value is -1.06. The van der Waals surface area contributed by atoms with E-state index in [4.69, 9.17) is 9.47 Å². The van der Waals surface area contributed by atoms with E-state index < -0.39 is 0 Å². The first kappa shape index (κ1) is 12.0. The van der Waals surface area contributed by atoms with E-state index in [2.05, 4.69) is 24.4 Å². The Morgan fingerprint density at radius 2 is 2.00 bits per heavy atom. The number of methoxy groups -OCH3 is 2. The van der Waals surface area contributed by atoms with Crippen molar-refractivity contribution in [2.45, 2.75) is 20.1 Å². The summed E-state index contributed by atoms with van der Waals surface area (Å²) in [6.07, 6.45) is 0. The highest BCUT2D eigenvalue weighted by atomic mass is 16.5. The van der Waals surface area contributed by atoms with Gasteiger partial charge in [0.1, 0.15) is 5.75 Å². The van der Waals surface area contributed by atoms with Gasteiger partial charge in [0.15, 0.2) is 0 Å². The molecule has 3 nitrogen and oxygen atoms in total. The molecule has 0 bridgehead atoms. The van der Waals surface area contributed by atoms with Crippen molar-refractivity contribution >= 4 is 0 Å². The molecule has 0 unspecified atom stereocenters. The molecule has 0 aromatic heterocycles. The molecule has 0 atom stereocenters. The lowest BCUT2D eigenvalue weighted by Gasteiger charge is -2.15. The van der Waals surface area contributed by atoms with E-state index in [1.165, 1.54) is 11.1 Å². The molecule has 3 heteroatoms. The Labute approximate surface area is 91.4 Å². The Morgan fingerprint density at radius 1 is 1.27 bits per heavy atom. The minimum Gasteiger partial charge on any atom is -0.496 e. The van der Waals surface area contributed by atoms with Gasteiger partial charge in [0.2, 0.25) is 0 Å². The molecule has 0 aliphatic rings. The lowest BCUT2D eigenvalue weighted by molar-refractivity contribution is 0.183. The minimum atomic E-state index is 0.619. The van der Waals surface area contributed by atoms with Gasteiger partial charge in [-0.3, -0.25) is 0 Å². The number of hydrogen-bond donors (Lipinski definition) is 1. The molecule has 0 radical (unpaired) electrons. The summed E-state index contributed by atoms with van der Waals surface area (Å²) in [5.41, 5.74) is 3.51. The van der Waals surface area contributed by atoms with Crippen LogP contribution in [0.4, 0.5) is 0 Å². The molecule has 0 aliphatic carbocycles. The maximum Gasteiger partial charge on any atom is 0.126 e. The zero-order valence-electron chi connectivity index (χ0n) is 9.89. The van der Waals surface area contributed by atoms with Gasteiger partial charge in [-0.15, -0.1) is 0 Å². The molecule has 15 heavy (non-hydrogen) atoms. The maximum atomic E-state index is 5.42. The topological polar surface area (TPSA) is 30.5 Å². The smallest absolute Gasteiger partial charge is 0.126 e. The number of ether oxygens (including phenoxy) is 2. The molecule has 0 spiro atoms. The van der Waals surface area contributed by atoms with E-state index in [9.17, 15) is 0 Å². The molecular weight excluding hydrogens is 190 g/mol. The average Bonchev–Trinajstić information content (AvgIpc) is 2.23. The summed E-state index contributed by atoms with van der Waals surface area (Å²) in [6, 6.07) is 4.15. The Kier molecular flexibility index (Phi) is 4.59. The van der Waals surface area contributed by atoms with Crippen LogP contribution < -0.4 is 10.1 Å². The van der Waals surface area contributed by atoms with Crippen LogP contribution in [0.1, 0.15) is 16.7 Å². The summed E-state index contributed by atoms with van der Waals surface area (Å²) in [6.45, 7) is 3.46. The minimum absolute atomic E-state index is 0.619. The van der Waals surface area contributed by atoms with Gasteiger partial charge in [-0.05, 0) is 25.1 Å². The fourth-order valence-corrected chi connectivity index (χ4v) is 1.73. The fraction of sp³-hybridized carbons (Fsp3) is 0.500. The van der Waals surface area contributed by atoms with Crippen molar-refractivity contribution in [3.8, 4) is 5.75 Å². The van der Waals surface area contributed by atoms with Gasteiger partial charge >= 0.3 is 0 Å². The molecule has 1 aromatic rings. The Balaban J connectivity index is 3.15. The van der Waals surface area contributed by atoms with E-state index >= 15 is 0 Å². The molecule has 1 aromatic carbocycles. The first-order valence-electron chi connectivity index (χ1n) is 5.03. The summed E-state index contributed by atoms with van der Waals surface area (Å²) in [5.74, 6) is 0.957. The van der Waals surface area contributed by atoms with Crippen LogP contribution in [0.3, 0.4) is 0 Å². The van der Waals surface area contributed by atoms with Crippen LogP contribution in [-0.4, -0.2) is 21.3 Å². The average molecular weight is 209 g/mol. The summed E-state index contributed by atoms with van der Waals surface area (Å²) in [5, 5.41) is 3.15. The predicted molar refractivity (Wildman–Crippen MR) is 61.2 cm³/mol. The fourth-order valence-electron chi connectivity index (χ4n) is 1.73. The maximum absolute atomic E-state index is 5.42. The van der Waals surface area contributed by atoms with E-state index in [1.807, 2.05) is 7.05 Å². The van der Waals surface area contributed by atoms with Crippen molar-refractivity contribution in [2.75, 3.05) is 21.3 Å². The second kappa shape index (κ2) is 5.73. The largest absolute Gasteiger partial charge is 0.496 e. The van der Waals surface area contributed by atoms with Crippen LogP contribution in [0.5, 0.6) is 5.75 Å². The molecule has 0 amide bonds. The molecule has 0 saturated carbocycles. The first-order chi connectivity index (χ1) is 7.24. The third-order valence-electron chi connectivity index (χ3n) is 2.41. The summed E-state index contributed by atoms with van der Waals surface area (Å²) >= 11 is 0. The van der Waals surface area contributed by atoms with Crippen LogP contribution in [0.15, 0.2) is 12.1 Å². The first-order valence-corrected chi connectivity index (χ1v) is 5.03. The van der Waals surface area contributed by atoms with Gasteiger partial charge in [-0.2, -0.15) is 0 Å². The highest BCUT2D eigenvalue weighted by molar-refractivity contribution is 5.45. The molecule has 0 fully saturated rings. The highest BCUT2D eigenvalue weighted by Gasteiger charge is 2.10. The van der Waals surface area contributed by atoms with Crippen LogP contribution >= 0.6 is 0 Å². The van der Waals surface area contributed by atoms with Gasteiger partial charge in [0, 0.05) is 19.2 Å². The van der Waals surface area contributed by atoms with Gasteiger partial charge in [-0.1, -0.05) is 12.1 Å². The SMILES string of the molecule is CNCc1c(COC)ccc(C)c1OC. The third-order valence-corrected chi connectivity index (χ3v) is 2.41. The molecule has 1 rings (SSSR count). The van der Waals surface area contributed by atoms with Crippen molar-refractivity contribution in [3.05, 3.63) is 28.8 Å². The lowest BCUT2D eigenvalue weighted by atomic mass is 10.0. The molecule has 0 heterocycles. The van der Waals surface area contributed by atoms with Gasteiger partial charge in [0.05, 0.1) is 13.7 Å². The number of hydrogen-bond acceptors (Lipinski definition) is 3. The van der Waals surface area contributed by atoms with Crippen LogP contribution in [0, 0.1) is 6.92 Å². The second-order valence-corrected chi connectivity index (χ2v) is 3.52. The molecule has 0 aliphatic heterocycles. The van der Waals surface area contributed by atoms with Crippen LogP contribution in [-0.2, 0) is 17.9 Å². The lowest BCUT2D eigenvalue weighted by Crippen LogP contribution is -2.10. The Bertz CT molecular complexity index is 324. The standard InChI is InChI=1S/C12H19NO2/c1-9-5-6-10(8-14-3)11(7-13-2)12(9)15-4/h5-6,13H,7-8H2,1-4H3. The molecular formula is C12H19NO2. The zero-order chi connectivity index (χ0) is 11.3. The number of nitrogens with one attached hydrogen (secondary N) is 1. The normalized spacial score (nSPS) is 10.4. The van der Waals surface area contributed by atoms with Crippen LogP contribution in [0.25, 0.3) is 0 Å². The summed E-state index contributed by atoms with van der Waals surface area (Å²) in [7, 11) is 5.34. The molecule has 84 valence electrons. The van der Waals surface area contributed by atoms with Crippen molar-refractivity contribution < 1.29 is 9.47 Å². The van der Waals surface area contributed by atoms with Gasteiger partial charge in [0.25, 0.3) is 0 Å². The van der Waals surface area contributed by atoms with Crippen molar-refractivity contribution in [3.63, 3.8) is 0 Å². The molecule has 0 saturated heterocycles. The van der Waals surface area contributed by atoms with Crippen molar-refractivity contribution in [1.82, 2.24) is 5.32 Å². The van der Waals surface area contributed by atoms with E-state index in [0.717, 1.165) is 17.9 Å². The number of aryl methyl sites for hydroxylation is 1. The van der Waals surface area contributed by atoms with E-state index in [0.29, 0.717) is 6.61 Å². The third kappa shape index (κ3) is 2.70. The van der Waals surface area contributed by atoms with Gasteiger partial charge in [-0.25, -0.2) is 0 Å². The van der Waals surface area contributed by atoms with Crippen molar-refractivity contribution in [2.24, 2.45) is 0 Å². The zero-order valence-corrected chi connectivity index (χ0v) is 9.89. The monoisotopic (exact) mass is 209 g/mol. The predicted octanol–water partition coefficient (Wildman–Crippen LogP) is 1.87. The van der Waals surface area contributed by atoms with Gasteiger partial charge < -0.3 is 14.8 Å². The molecule has 1 N–H and O–H groups in total. The summed E-state index contributed by atoms with van der Waals surface area (Å²) < 4.78 is 10.6. The van der Waals surface area contributed by atoms with E-state index in [1.54, 1.807) is 14.2 Å². The number of benzene rings is 1.